The molecule has 0 unspecified atom stereocenters. The maximum atomic E-state index is 12.9. The number of allylic oxidation sites excluding steroid dienone is 1. The number of carbonyl (C=O) groups excluding carboxylic acids is 3. The van der Waals surface area contributed by atoms with Crippen LogP contribution in [0.1, 0.15) is 53.9 Å². The number of aliphatic hydroxyl groups is 1. The molecule has 0 aromatic rings. The van der Waals surface area contributed by atoms with Crippen molar-refractivity contribution in [2.45, 2.75) is 95.5 Å². The second-order valence-electron chi connectivity index (χ2n) is 10.8. The Morgan fingerprint density at radius 3 is 2.42 bits per heavy atom. The molecule has 2 heterocycles. The molecule has 3 fully saturated rings. The Kier molecular flexibility index (Phi) is 8.70. The highest BCUT2D eigenvalue weighted by Crippen LogP contribution is 2.59. The lowest BCUT2D eigenvalue weighted by molar-refractivity contribution is -0.130. The van der Waals surface area contributed by atoms with Crippen molar-refractivity contribution in [3.8, 4) is 0 Å². The number of ether oxygens (including phenoxy) is 4. The molecule has 8 atom stereocenters. The molecule has 2 saturated heterocycles. The van der Waals surface area contributed by atoms with Crippen LogP contribution >= 0.6 is 0 Å². The third-order valence-electron chi connectivity index (χ3n) is 7.56. The maximum absolute atomic E-state index is 12.9. The van der Waals surface area contributed by atoms with Gasteiger partial charge in [0.25, 0.3) is 0 Å². The first kappa shape index (κ1) is 28.4. The molecule has 5 N–H and O–H groups in total. The molecule has 0 aromatic carbocycles. The summed E-state index contributed by atoms with van der Waals surface area (Å²) in [5, 5.41) is 14.2. The van der Waals surface area contributed by atoms with E-state index >= 15 is 0 Å². The highest BCUT2D eigenvalue weighted by molar-refractivity contribution is 5.90. The number of hydrogen-bond donors (Lipinski definition) is 4. The lowest BCUT2D eigenvalue weighted by Gasteiger charge is -2.42. The fourth-order valence-electron chi connectivity index (χ4n) is 5.37. The van der Waals surface area contributed by atoms with E-state index in [0.717, 1.165) is 6.42 Å². The molecule has 0 bridgehead atoms. The van der Waals surface area contributed by atoms with Crippen molar-refractivity contribution in [1.29, 1.82) is 0 Å². The highest BCUT2D eigenvalue weighted by Gasteiger charge is 2.72. The molecule has 3 amide bonds. The minimum Gasteiger partial charge on any atom is -0.443 e. The van der Waals surface area contributed by atoms with Gasteiger partial charge in [-0.2, -0.15) is 0 Å². The summed E-state index contributed by atoms with van der Waals surface area (Å²) in [4.78, 5) is 36.9. The summed E-state index contributed by atoms with van der Waals surface area (Å²) < 4.78 is 23.8. The van der Waals surface area contributed by atoms with Crippen LogP contribution in [0.5, 0.6) is 0 Å². The molecular formula is C25H41N3O8. The van der Waals surface area contributed by atoms with Gasteiger partial charge in [-0.05, 0) is 46.0 Å². The number of alkyl carbamates (subject to hydrolysis) is 1. The Morgan fingerprint density at radius 1 is 1.25 bits per heavy atom. The lowest BCUT2D eigenvalue weighted by Crippen LogP contribution is -2.58. The number of carbonyl (C=O) groups is 3. The predicted octanol–water partition coefficient (Wildman–Crippen LogP) is 0.776. The van der Waals surface area contributed by atoms with E-state index in [4.69, 9.17) is 24.7 Å². The van der Waals surface area contributed by atoms with Crippen LogP contribution in [0, 0.1) is 11.8 Å². The molecule has 1 spiro atoms. The molecular weight excluding hydrogens is 470 g/mol. The second-order valence-corrected chi connectivity index (χ2v) is 10.8. The van der Waals surface area contributed by atoms with Crippen LogP contribution in [0.3, 0.4) is 0 Å². The zero-order chi connectivity index (χ0) is 26.8. The smallest absolute Gasteiger partial charge is 0.408 e. The Hall–Kier alpha value is -2.21. The first-order valence-corrected chi connectivity index (χ1v) is 12.5. The topological polar surface area (TPSA) is 165 Å². The Bertz CT molecular complexity index is 869. The summed E-state index contributed by atoms with van der Waals surface area (Å²) in [6.45, 7) is 9.62. The molecule has 3 rings (SSSR count). The molecule has 204 valence electrons. The Morgan fingerprint density at radius 2 is 1.92 bits per heavy atom. The molecule has 2 aliphatic heterocycles. The van der Waals surface area contributed by atoms with E-state index < -0.39 is 54.4 Å². The predicted molar refractivity (Wildman–Crippen MR) is 130 cm³/mol. The molecule has 1 aliphatic carbocycles. The SMILES string of the molecule is CO[C@@H]1[C@H](OC(=O)N[C@@H](C(=O)N[C@@H](CO)C(N)=O)C(C)C)CC[C@]2(CO2)[C@H]1[C@@]1(C)O[C@@H]1CC=C(C)C. The lowest BCUT2D eigenvalue weighted by atomic mass is 9.68. The molecule has 3 aliphatic rings. The number of hydrogen-bond acceptors (Lipinski definition) is 8. The van der Waals surface area contributed by atoms with Gasteiger partial charge in [-0.1, -0.05) is 25.5 Å². The van der Waals surface area contributed by atoms with Gasteiger partial charge in [-0.15, -0.1) is 0 Å². The van der Waals surface area contributed by atoms with Crippen molar-refractivity contribution in [2.24, 2.45) is 17.6 Å². The Balaban J connectivity index is 1.68. The van der Waals surface area contributed by atoms with Crippen LogP contribution < -0.4 is 16.4 Å². The number of nitrogens with one attached hydrogen (secondary N) is 2. The summed E-state index contributed by atoms with van der Waals surface area (Å²) in [5.41, 5.74) is 5.60. The zero-order valence-corrected chi connectivity index (χ0v) is 22.0. The fourth-order valence-corrected chi connectivity index (χ4v) is 5.37. The number of aliphatic hydroxyl groups excluding tert-OH is 1. The largest absolute Gasteiger partial charge is 0.443 e. The first-order valence-electron chi connectivity index (χ1n) is 12.5. The van der Waals surface area contributed by atoms with Gasteiger partial charge < -0.3 is 40.4 Å². The summed E-state index contributed by atoms with van der Waals surface area (Å²) in [5.74, 6) is -1.96. The average molecular weight is 512 g/mol. The van der Waals surface area contributed by atoms with E-state index in [1.165, 1.54) is 5.57 Å². The second kappa shape index (κ2) is 11.0. The quantitative estimate of drug-likeness (QED) is 0.233. The number of primary amides is 1. The highest BCUT2D eigenvalue weighted by atomic mass is 16.6. The standard InChI is InChI=1S/C25H41N3O8/c1-13(2)7-8-17-24(5,36-17)20-19(33-6)16(9-10-25(20)12-34-25)35-23(32)28-18(14(3)4)22(31)27-15(11-29)21(26)30/h7,14-20,29H,8-12H2,1-6H3,(H2,26,30)(H,27,31)(H,28,32)/t15-,16+,17+,18+,19+,20+,24-,25-/m0/s1. The average Bonchev–Trinajstić information content (AvgIpc) is 3.72. The van der Waals surface area contributed by atoms with Gasteiger partial charge in [-0.25, -0.2) is 4.79 Å². The van der Waals surface area contributed by atoms with E-state index in [0.29, 0.717) is 19.4 Å². The number of nitrogens with two attached hydrogens (primary N) is 1. The normalized spacial score (nSPS) is 34.4. The maximum Gasteiger partial charge on any atom is 0.408 e. The van der Waals surface area contributed by atoms with Gasteiger partial charge in [0.2, 0.25) is 11.8 Å². The zero-order valence-electron chi connectivity index (χ0n) is 22.0. The molecule has 0 aromatic heterocycles. The minimum absolute atomic E-state index is 0.0300. The Labute approximate surface area is 212 Å². The number of epoxide rings is 2. The van der Waals surface area contributed by atoms with Gasteiger partial charge in [0.1, 0.15) is 35.5 Å². The van der Waals surface area contributed by atoms with Gasteiger partial charge in [0, 0.05) is 7.11 Å². The monoisotopic (exact) mass is 511 g/mol. The van der Waals surface area contributed by atoms with Crippen LogP contribution in [0.4, 0.5) is 4.79 Å². The fraction of sp³-hybridized carbons (Fsp3) is 0.800. The van der Waals surface area contributed by atoms with Crippen LogP contribution in [0.25, 0.3) is 0 Å². The third-order valence-corrected chi connectivity index (χ3v) is 7.56. The number of amides is 3. The van der Waals surface area contributed by atoms with Gasteiger partial charge >= 0.3 is 6.09 Å². The van der Waals surface area contributed by atoms with Crippen molar-refractivity contribution in [3.05, 3.63) is 11.6 Å². The molecule has 1 saturated carbocycles. The van der Waals surface area contributed by atoms with Crippen molar-refractivity contribution >= 4 is 17.9 Å². The van der Waals surface area contributed by atoms with E-state index in [9.17, 15) is 19.5 Å². The van der Waals surface area contributed by atoms with Crippen LogP contribution in [0.2, 0.25) is 0 Å². The number of methoxy groups -OCH3 is 1. The van der Waals surface area contributed by atoms with Crippen LogP contribution in [-0.2, 0) is 28.5 Å². The molecule has 36 heavy (non-hydrogen) atoms. The summed E-state index contributed by atoms with van der Waals surface area (Å²) in [6, 6.07) is -2.25. The van der Waals surface area contributed by atoms with Crippen LogP contribution in [0.15, 0.2) is 11.6 Å². The van der Waals surface area contributed by atoms with Crippen molar-refractivity contribution in [3.63, 3.8) is 0 Å². The summed E-state index contributed by atoms with van der Waals surface area (Å²) in [6.07, 6.45) is 2.43. The van der Waals surface area contributed by atoms with E-state index in [1.54, 1.807) is 21.0 Å². The molecule has 11 heteroatoms. The van der Waals surface area contributed by atoms with E-state index in [-0.39, 0.29) is 23.5 Å². The van der Waals surface area contributed by atoms with Crippen molar-refractivity contribution < 1.29 is 38.4 Å². The first-order chi connectivity index (χ1) is 16.9. The number of rotatable bonds is 11. The van der Waals surface area contributed by atoms with Gasteiger partial charge in [0.05, 0.1) is 25.2 Å². The van der Waals surface area contributed by atoms with Gasteiger partial charge in [-0.3, -0.25) is 9.59 Å². The molecule has 0 radical (unpaired) electrons. The molecule has 11 nitrogen and oxygen atoms in total. The van der Waals surface area contributed by atoms with Gasteiger partial charge in [0.15, 0.2) is 0 Å². The van der Waals surface area contributed by atoms with Crippen molar-refractivity contribution in [2.75, 3.05) is 20.3 Å². The summed E-state index contributed by atoms with van der Waals surface area (Å²) >= 11 is 0. The minimum atomic E-state index is -1.25. The third kappa shape index (κ3) is 6.01. The van der Waals surface area contributed by atoms with E-state index in [2.05, 4.69) is 37.5 Å². The van der Waals surface area contributed by atoms with Crippen molar-refractivity contribution in [1.82, 2.24) is 10.6 Å². The van der Waals surface area contributed by atoms with Crippen LogP contribution in [-0.4, -0.2) is 84.9 Å². The van der Waals surface area contributed by atoms with E-state index in [1.807, 2.05) is 0 Å². The summed E-state index contributed by atoms with van der Waals surface area (Å²) in [7, 11) is 1.59.